The first-order valence-corrected chi connectivity index (χ1v) is 6.52. The molecule has 3 N–H and O–H groups in total. The van der Waals surface area contributed by atoms with Crippen LogP contribution < -0.4 is 10.6 Å². The van der Waals surface area contributed by atoms with Crippen molar-refractivity contribution in [2.75, 3.05) is 11.9 Å². The lowest BCUT2D eigenvalue weighted by atomic mass is 10.1. The van der Waals surface area contributed by atoms with Gasteiger partial charge in [-0.3, -0.25) is 4.79 Å². The summed E-state index contributed by atoms with van der Waals surface area (Å²) in [7, 11) is 0. The average molecular weight is 321 g/mol. The zero-order valence-corrected chi connectivity index (χ0v) is 11.7. The van der Waals surface area contributed by atoms with Crippen LogP contribution in [0.2, 0.25) is 10.0 Å². The van der Waals surface area contributed by atoms with Gasteiger partial charge in [-0.25, -0.2) is 9.18 Å². The van der Waals surface area contributed by atoms with E-state index in [0.29, 0.717) is 12.8 Å². The molecule has 1 aromatic rings. The minimum Gasteiger partial charge on any atom is -0.481 e. The molecule has 0 radical (unpaired) electrons. The van der Waals surface area contributed by atoms with Gasteiger partial charge in [-0.15, -0.1) is 0 Å². The number of nitrogens with one attached hydrogen (secondary N) is 2. The topological polar surface area (TPSA) is 78.4 Å². The second-order valence-electron chi connectivity index (χ2n) is 4.64. The van der Waals surface area contributed by atoms with Crippen molar-refractivity contribution in [3.63, 3.8) is 0 Å². The van der Waals surface area contributed by atoms with Crippen LogP contribution in [0.25, 0.3) is 0 Å². The van der Waals surface area contributed by atoms with Crippen LogP contribution >= 0.6 is 23.2 Å². The fraction of sp³-hybridized carbons (Fsp3) is 0.333. The van der Waals surface area contributed by atoms with Gasteiger partial charge in [0, 0.05) is 6.54 Å². The van der Waals surface area contributed by atoms with Crippen molar-refractivity contribution < 1.29 is 19.1 Å². The van der Waals surface area contributed by atoms with Crippen molar-refractivity contribution in [3.8, 4) is 0 Å². The number of hydrogen-bond donors (Lipinski definition) is 3. The Bertz CT molecular complexity index is 553. The van der Waals surface area contributed by atoms with Gasteiger partial charge in [-0.05, 0) is 25.0 Å². The predicted molar refractivity (Wildman–Crippen MR) is 72.7 cm³/mol. The van der Waals surface area contributed by atoms with Gasteiger partial charge in [-0.1, -0.05) is 23.2 Å². The zero-order chi connectivity index (χ0) is 14.9. The predicted octanol–water partition coefficient (Wildman–Crippen LogP) is 3.12. The van der Waals surface area contributed by atoms with E-state index < -0.39 is 23.2 Å². The molecule has 2 rings (SSSR count). The lowest BCUT2D eigenvalue weighted by molar-refractivity contribution is -0.143. The van der Waals surface area contributed by atoms with Crippen LogP contribution in [0.1, 0.15) is 12.8 Å². The summed E-state index contributed by atoms with van der Waals surface area (Å²) in [5.74, 6) is -1.55. The number of halogens is 3. The number of carbonyl (C=O) groups is 2. The van der Waals surface area contributed by atoms with Crippen molar-refractivity contribution in [2.45, 2.75) is 12.8 Å². The van der Waals surface area contributed by atoms with Crippen molar-refractivity contribution in [2.24, 2.45) is 5.41 Å². The normalized spacial score (nSPS) is 15.6. The Morgan fingerprint density at radius 2 is 1.85 bits per heavy atom. The first-order chi connectivity index (χ1) is 9.34. The molecule has 1 aliphatic carbocycles. The van der Waals surface area contributed by atoms with Crippen LogP contribution in [0.3, 0.4) is 0 Å². The Balaban J connectivity index is 1.97. The largest absolute Gasteiger partial charge is 0.481 e. The molecule has 0 heterocycles. The van der Waals surface area contributed by atoms with Crippen molar-refractivity contribution in [1.29, 1.82) is 0 Å². The second-order valence-corrected chi connectivity index (χ2v) is 5.45. The SMILES string of the molecule is O=C(NCC1(C(=O)O)CC1)Nc1c(Cl)cc(F)cc1Cl. The number of hydrogen-bond acceptors (Lipinski definition) is 2. The van der Waals surface area contributed by atoms with Gasteiger partial charge >= 0.3 is 12.0 Å². The third kappa shape index (κ3) is 3.13. The summed E-state index contributed by atoms with van der Waals surface area (Å²) in [5.41, 5.74) is -0.791. The quantitative estimate of drug-likeness (QED) is 0.797. The number of aliphatic carboxylic acids is 1. The number of anilines is 1. The molecule has 0 spiro atoms. The maximum absolute atomic E-state index is 13.0. The highest BCUT2D eigenvalue weighted by Crippen LogP contribution is 2.45. The standard InChI is InChI=1S/C12H11Cl2FN2O3/c13-7-3-6(15)4-8(14)9(7)17-11(20)16-5-12(1-2-12)10(18)19/h3-4H,1-2,5H2,(H,18,19)(H2,16,17,20). The molecule has 0 saturated heterocycles. The van der Waals surface area contributed by atoms with Gasteiger partial charge in [0.05, 0.1) is 21.1 Å². The van der Waals surface area contributed by atoms with Gasteiger partial charge < -0.3 is 15.7 Å². The summed E-state index contributed by atoms with van der Waals surface area (Å²) >= 11 is 11.5. The molecule has 1 saturated carbocycles. The Morgan fingerprint density at radius 1 is 1.30 bits per heavy atom. The summed E-state index contributed by atoms with van der Waals surface area (Å²) in [5, 5.41) is 13.7. The molecule has 2 amide bonds. The van der Waals surface area contributed by atoms with Crippen LogP contribution in [-0.2, 0) is 4.79 Å². The van der Waals surface area contributed by atoms with Crippen LogP contribution in [0, 0.1) is 11.2 Å². The van der Waals surface area contributed by atoms with Crippen LogP contribution in [0.5, 0.6) is 0 Å². The highest BCUT2D eigenvalue weighted by molar-refractivity contribution is 6.39. The van der Waals surface area contributed by atoms with Crippen LogP contribution in [0.4, 0.5) is 14.9 Å². The number of carboxylic acids is 1. The third-order valence-corrected chi connectivity index (χ3v) is 3.74. The van der Waals surface area contributed by atoms with E-state index in [1.54, 1.807) is 0 Å². The molecule has 0 aliphatic heterocycles. The number of rotatable bonds is 4. The molecular formula is C12H11Cl2FN2O3. The minimum atomic E-state index is -0.935. The van der Waals surface area contributed by atoms with E-state index in [1.807, 2.05) is 0 Å². The van der Waals surface area contributed by atoms with Crippen molar-refractivity contribution in [3.05, 3.63) is 28.0 Å². The molecule has 1 aliphatic rings. The smallest absolute Gasteiger partial charge is 0.319 e. The van der Waals surface area contributed by atoms with Gasteiger partial charge in [-0.2, -0.15) is 0 Å². The summed E-state index contributed by atoms with van der Waals surface area (Å²) in [6.45, 7) is 0.0185. The van der Waals surface area contributed by atoms with E-state index >= 15 is 0 Å². The highest BCUT2D eigenvalue weighted by Gasteiger charge is 2.50. The van der Waals surface area contributed by atoms with Gasteiger partial charge in [0.25, 0.3) is 0 Å². The van der Waals surface area contributed by atoms with Crippen molar-refractivity contribution >= 4 is 40.9 Å². The lowest BCUT2D eigenvalue weighted by Crippen LogP contribution is -2.36. The van der Waals surface area contributed by atoms with Gasteiger partial charge in [0.2, 0.25) is 0 Å². The molecule has 0 atom stereocenters. The first-order valence-electron chi connectivity index (χ1n) is 5.77. The fourth-order valence-corrected chi connectivity index (χ4v) is 2.24. The molecule has 8 heteroatoms. The van der Waals surface area contributed by atoms with Gasteiger partial charge in [0.1, 0.15) is 5.82 Å². The Labute approximate surface area is 124 Å². The van der Waals surface area contributed by atoms with Crippen LogP contribution in [0.15, 0.2) is 12.1 Å². The fourth-order valence-electron chi connectivity index (χ4n) is 1.69. The molecule has 0 aromatic heterocycles. The first kappa shape index (κ1) is 14.9. The lowest BCUT2D eigenvalue weighted by Gasteiger charge is -2.13. The maximum Gasteiger partial charge on any atom is 0.319 e. The van der Waals surface area contributed by atoms with E-state index in [4.69, 9.17) is 28.3 Å². The van der Waals surface area contributed by atoms with Crippen LogP contribution in [-0.4, -0.2) is 23.7 Å². The molecule has 1 aromatic carbocycles. The molecular weight excluding hydrogens is 310 g/mol. The second kappa shape index (κ2) is 5.46. The molecule has 0 bridgehead atoms. The minimum absolute atomic E-state index is 0.0185. The van der Waals surface area contributed by atoms with E-state index in [-0.39, 0.29) is 22.3 Å². The molecule has 0 unspecified atom stereocenters. The number of carboxylic acid groups (broad SMARTS) is 1. The molecule has 1 fully saturated rings. The summed E-state index contributed by atoms with van der Waals surface area (Å²) in [6.07, 6.45) is 1.06. The Kier molecular flexibility index (Phi) is 4.06. The number of amides is 2. The summed E-state index contributed by atoms with van der Waals surface area (Å²) < 4.78 is 13.0. The monoisotopic (exact) mass is 320 g/mol. The number of carbonyl (C=O) groups excluding carboxylic acids is 1. The number of urea groups is 1. The number of benzene rings is 1. The molecule has 20 heavy (non-hydrogen) atoms. The Morgan fingerprint density at radius 3 is 2.30 bits per heavy atom. The van der Waals surface area contributed by atoms with E-state index in [0.717, 1.165) is 12.1 Å². The molecule has 108 valence electrons. The van der Waals surface area contributed by atoms with Gasteiger partial charge in [0.15, 0.2) is 0 Å². The third-order valence-electron chi connectivity index (χ3n) is 3.14. The van der Waals surface area contributed by atoms with E-state index in [1.165, 1.54) is 0 Å². The van der Waals surface area contributed by atoms with E-state index in [2.05, 4.69) is 10.6 Å². The van der Waals surface area contributed by atoms with E-state index in [9.17, 15) is 14.0 Å². The highest BCUT2D eigenvalue weighted by atomic mass is 35.5. The van der Waals surface area contributed by atoms with Crippen molar-refractivity contribution in [1.82, 2.24) is 5.32 Å². The summed E-state index contributed by atoms with van der Waals surface area (Å²) in [6, 6.07) is 1.39. The zero-order valence-electron chi connectivity index (χ0n) is 10.2. The molecule has 5 nitrogen and oxygen atoms in total. The Hall–Kier alpha value is -1.53. The average Bonchev–Trinajstić information content (AvgIpc) is 3.12. The summed E-state index contributed by atoms with van der Waals surface area (Å²) in [4.78, 5) is 22.6. The maximum atomic E-state index is 13.0.